The Hall–Kier alpha value is -2.85. The molecule has 4 aromatic rings. The first-order valence-corrected chi connectivity index (χ1v) is 7.37. The summed E-state index contributed by atoms with van der Waals surface area (Å²) in [4.78, 5) is 10.8. The van der Waals surface area contributed by atoms with Gasteiger partial charge in [-0.15, -0.1) is 0 Å². The van der Waals surface area contributed by atoms with Crippen molar-refractivity contribution in [2.45, 2.75) is 0 Å². The summed E-state index contributed by atoms with van der Waals surface area (Å²) in [7, 11) is 0. The van der Waals surface area contributed by atoms with Crippen molar-refractivity contribution in [1.82, 2.24) is 0 Å². The molecule has 0 radical (unpaired) electrons. The van der Waals surface area contributed by atoms with E-state index < -0.39 is 4.92 Å². The SMILES string of the molecule is O=[N+]([O-])c1cc(Cl)ccc1-c1ccc2c(c1)oc1ccccc12. The number of hydrogen-bond donors (Lipinski definition) is 0. The fourth-order valence-electron chi connectivity index (χ4n) is 2.79. The number of rotatable bonds is 2. The number of furan rings is 1. The summed E-state index contributed by atoms with van der Waals surface area (Å²) >= 11 is 5.87. The zero-order valence-corrected chi connectivity index (χ0v) is 12.6. The van der Waals surface area contributed by atoms with E-state index in [9.17, 15) is 10.1 Å². The number of hydrogen-bond acceptors (Lipinski definition) is 3. The number of para-hydroxylation sites is 1. The summed E-state index contributed by atoms with van der Waals surface area (Å²) in [5, 5.41) is 13.6. The first-order valence-electron chi connectivity index (χ1n) is 6.99. The highest BCUT2D eigenvalue weighted by atomic mass is 35.5. The summed E-state index contributed by atoms with van der Waals surface area (Å²) in [6.45, 7) is 0. The van der Waals surface area contributed by atoms with Crippen LogP contribution < -0.4 is 0 Å². The first-order chi connectivity index (χ1) is 11.1. The quantitative estimate of drug-likeness (QED) is 0.345. The van der Waals surface area contributed by atoms with E-state index >= 15 is 0 Å². The Morgan fingerprint density at radius 2 is 1.70 bits per heavy atom. The summed E-state index contributed by atoms with van der Waals surface area (Å²) in [5.41, 5.74) is 2.72. The molecule has 0 atom stereocenters. The van der Waals surface area contributed by atoms with Gasteiger partial charge in [0.05, 0.1) is 10.5 Å². The Bertz CT molecular complexity index is 1070. The number of fused-ring (bicyclic) bond motifs is 3. The van der Waals surface area contributed by atoms with Gasteiger partial charge in [-0.3, -0.25) is 10.1 Å². The lowest BCUT2D eigenvalue weighted by Crippen LogP contribution is -1.91. The standard InChI is InChI=1S/C18H10ClNO3/c19-12-6-8-13(16(10-12)20(21)22)11-5-7-15-14-3-1-2-4-17(14)23-18(15)9-11/h1-10H. The normalized spacial score (nSPS) is 11.2. The smallest absolute Gasteiger partial charge is 0.278 e. The highest BCUT2D eigenvalue weighted by Gasteiger charge is 2.17. The van der Waals surface area contributed by atoms with Crippen LogP contribution in [0.2, 0.25) is 5.02 Å². The molecule has 0 bridgehead atoms. The molecule has 1 aromatic heterocycles. The summed E-state index contributed by atoms with van der Waals surface area (Å²) in [5.74, 6) is 0. The molecule has 5 heteroatoms. The van der Waals surface area contributed by atoms with Crippen LogP contribution in [0.5, 0.6) is 0 Å². The van der Waals surface area contributed by atoms with Crippen LogP contribution in [0.25, 0.3) is 33.1 Å². The van der Waals surface area contributed by atoms with E-state index in [0.717, 1.165) is 21.9 Å². The van der Waals surface area contributed by atoms with Crippen molar-refractivity contribution in [2.75, 3.05) is 0 Å². The lowest BCUT2D eigenvalue weighted by Gasteiger charge is -2.04. The molecule has 0 unspecified atom stereocenters. The molecule has 0 fully saturated rings. The topological polar surface area (TPSA) is 56.3 Å². The molecule has 0 aliphatic heterocycles. The number of halogens is 1. The van der Waals surface area contributed by atoms with Crippen molar-refractivity contribution in [1.29, 1.82) is 0 Å². The maximum atomic E-state index is 11.3. The molecule has 0 aliphatic carbocycles. The molecule has 1 heterocycles. The van der Waals surface area contributed by atoms with Crippen LogP contribution in [-0.2, 0) is 0 Å². The molecular weight excluding hydrogens is 314 g/mol. The van der Waals surface area contributed by atoms with Crippen molar-refractivity contribution in [3.8, 4) is 11.1 Å². The van der Waals surface area contributed by atoms with Gasteiger partial charge >= 0.3 is 0 Å². The fourth-order valence-corrected chi connectivity index (χ4v) is 2.96. The second kappa shape index (κ2) is 5.11. The van der Waals surface area contributed by atoms with Crippen molar-refractivity contribution >= 4 is 39.2 Å². The number of nitro benzene ring substituents is 1. The first kappa shape index (κ1) is 13.8. The van der Waals surface area contributed by atoms with Gasteiger partial charge in [-0.2, -0.15) is 0 Å². The predicted molar refractivity (Wildman–Crippen MR) is 90.8 cm³/mol. The zero-order chi connectivity index (χ0) is 16.0. The van der Waals surface area contributed by atoms with Gasteiger partial charge in [-0.25, -0.2) is 0 Å². The molecule has 0 spiro atoms. The average molecular weight is 324 g/mol. The minimum atomic E-state index is -0.427. The van der Waals surface area contributed by atoms with Gasteiger partial charge in [0, 0.05) is 21.9 Å². The molecule has 4 rings (SSSR count). The Kier molecular flexibility index (Phi) is 3.06. The van der Waals surface area contributed by atoms with Gasteiger partial charge in [0.2, 0.25) is 0 Å². The second-order valence-electron chi connectivity index (χ2n) is 5.23. The van der Waals surface area contributed by atoms with Crippen LogP contribution in [0.15, 0.2) is 65.1 Å². The van der Waals surface area contributed by atoms with Crippen LogP contribution in [-0.4, -0.2) is 4.92 Å². The minimum absolute atomic E-state index is 0.0204. The summed E-state index contributed by atoms with van der Waals surface area (Å²) in [6.07, 6.45) is 0. The number of nitro groups is 1. The number of nitrogens with zero attached hydrogens (tertiary/aromatic N) is 1. The van der Waals surface area contributed by atoms with Crippen LogP contribution in [0.1, 0.15) is 0 Å². The Morgan fingerprint density at radius 1 is 0.913 bits per heavy atom. The Balaban J connectivity index is 1.96. The fraction of sp³-hybridized carbons (Fsp3) is 0. The van der Waals surface area contributed by atoms with Crippen molar-refractivity contribution in [3.63, 3.8) is 0 Å². The molecule has 0 N–H and O–H groups in total. The van der Waals surface area contributed by atoms with Gasteiger partial charge in [0.25, 0.3) is 5.69 Å². The minimum Gasteiger partial charge on any atom is -0.456 e. The van der Waals surface area contributed by atoms with Gasteiger partial charge < -0.3 is 4.42 Å². The average Bonchev–Trinajstić information content (AvgIpc) is 2.92. The maximum Gasteiger partial charge on any atom is 0.278 e. The highest BCUT2D eigenvalue weighted by molar-refractivity contribution is 6.31. The van der Waals surface area contributed by atoms with Gasteiger partial charge in [0.15, 0.2) is 0 Å². The van der Waals surface area contributed by atoms with Gasteiger partial charge in [0.1, 0.15) is 11.2 Å². The maximum absolute atomic E-state index is 11.3. The van der Waals surface area contributed by atoms with Crippen molar-refractivity contribution in [2.24, 2.45) is 0 Å². The van der Waals surface area contributed by atoms with E-state index in [1.807, 2.05) is 42.5 Å². The molecule has 0 saturated carbocycles. The third-order valence-corrected chi connectivity index (χ3v) is 4.08. The lowest BCUT2D eigenvalue weighted by molar-refractivity contribution is -0.384. The van der Waals surface area contributed by atoms with E-state index in [2.05, 4.69) is 0 Å². The molecule has 0 saturated heterocycles. The van der Waals surface area contributed by atoms with Crippen molar-refractivity contribution < 1.29 is 9.34 Å². The molecule has 3 aromatic carbocycles. The van der Waals surface area contributed by atoms with Crippen LogP contribution in [0, 0.1) is 10.1 Å². The van der Waals surface area contributed by atoms with Gasteiger partial charge in [-0.05, 0) is 35.9 Å². The summed E-state index contributed by atoms with van der Waals surface area (Å²) < 4.78 is 5.84. The van der Waals surface area contributed by atoms with E-state index in [4.69, 9.17) is 16.0 Å². The molecule has 0 aliphatic rings. The van der Waals surface area contributed by atoms with Crippen LogP contribution in [0.3, 0.4) is 0 Å². The number of benzene rings is 3. The predicted octanol–water partition coefficient (Wildman–Crippen LogP) is 5.81. The largest absolute Gasteiger partial charge is 0.456 e. The lowest BCUT2D eigenvalue weighted by atomic mass is 10.0. The van der Waals surface area contributed by atoms with Crippen LogP contribution >= 0.6 is 11.6 Å². The Labute approximate surface area is 136 Å². The van der Waals surface area contributed by atoms with Gasteiger partial charge in [-0.1, -0.05) is 35.9 Å². The zero-order valence-electron chi connectivity index (χ0n) is 11.8. The highest BCUT2D eigenvalue weighted by Crippen LogP contribution is 2.36. The molecule has 112 valence electrons. The molecule has 23 heavy (non-hydrogen) atoms. The van der Waals surface area contributed by atoms with Crippen LogP contribution in [0.4, 0.5) is 5.69 Å². The summed E-state index contributed by atoms with van der Waals surface area (Å²) in [6, 6.07) is 18.0. The van der Waals surface area contributed by atoms with Crippen molar-refractivity contribution in [3.05, 3.63) is 75.8 Å². The monoisotopic (exact) mass is 323 g/mol. The third-order valence-electron chi connectivity index (χ3n) is 3.85. The van der Waals surface area contributed by atoms with E-state index in [1.54, 1.807) is 12.1 Å². The van der Waals surface area contributed by atoms with E-state index in [-0.39, 0.29) is 5.69 Å². The molecule has 4 nitrogen and oxygen atoms in total. The second-order valence-corrected chi connectivity index (χ2v) is 5.66. The van der Waals surface area contributed by atoms with E-state index in [1.165, 1.54) is 6.07 Å². The third kappa shape index (κ3) is 2.24. The molecular formula is C18H10ClNO3. The Morgan fingerprint density at radius 3 is 2.52 bits per heavy atom. The molecule has 0 amide bonds. The van der Waals surface area contributed by atoms with E-state index in [0.29, 0.717) is 16.2 Å².